The molecule has 8 heteroatoms. The number of ether oxygens (including phenoxy) is 1. The van der Waals surface area contributed by atoms with Crippen molar-refractivity contribution in [3.63, 3.8) is 0 Å². The summed E-state index contributed by atoms with van der Waals surface area (Å²) < 4.78 is 4.98. The molecule has 1 aliphatic rings. The summed E-state index contributed by atoms with van der Waals surface area (Å²) in [5.41, 5.74) is 3.87. The largest absolute Gasteiger partial charge is 0.458 e. The zero-order chi connectivity index (χ0) is 22.4. The van der Waals surface area contributed by atoms with E-state index in [0.717, 1.165) is 27.9 Å². The van der Waals surface area contributed by atoms with E-state index < -0.39 is 11.2 Å². The molecule has 1 aromatic heterocycles. The number of aryl methyl sites for hydroxylation is 1. The molecule has 1 atom stereocenters. The molecular weight excluding hydrogens is 430 g/mol. The van der Waals surface area contributed by atoms with Crippen LogP contribution in [-0.4, -0.2) is 23.6 Å². The fourth-order valence-corrected chi connectivity index (χ4v) is 4.91. The quantitative estimate of drug-likeness (QED) is 0.575. The summed E-state index contributed by atoms with van der Waals surface area (Å²) in [7, 11) is 0. The molecule has 1 amide bonds. The van der Waals surface area contributed by atoms with E-state index in [2.05, 4.69) is 16.7 Å². The summed E-state index contributed by atoms with van der Waals surface area (Å²) in [5, 5.41) is 17.7. The van der Waals surface area contributed by atoms with E-state index in [1.54, 1.807) is 6.92 Å². The molecule has 160 valence electrons. The molecule has 1 unspecified atom stereocenters. The van der Waals surface area contributed by atoms with Gasteiger partial charge in [-0.2, -0.15) is 5.26 Å². The summed E-state index contributed by atoms with van der Waals surface area (Å²) in [6.45, 7) is 5.79. The first-order chi connectivity index (χ1) is 15.0. The van der Waals surface area contributed by atoms with Gasteiger partial charge in [-0.15, -0.1) is 11.3 Å². The zero-order valence-electron chi connectivity index (χ0n) is 17.5. The molecule has 0 fully saturated rings. The number of thioether (sulfide) groups is 1. The molecule has 0 spiro atoms. The van der Waals surface area contributed by atoms with E-state index >= 15 is 0 Å². The van der Waals surface area contributed by atoms with Crippen molar-refractivity contribution in [2.24, 2.45) is 0 Å². The Morgan fingerprint density at radius 2 is 2.03 bits per heavy atom. The Balaban J connectivity index is 1.97. The molecular formula is C23H23N3O3S2. The van der Waals surface area contributed by atoms with Gasteiger partial charge in [0.15, 0.2) is 0 Å². The number of allylic oxidation sites excluding steroid dienone is 2. The number of benzene rings is 1. The summed E-state index contributed by atoms with van der Waals surface area (Å²) >= 11 is 2.48. The average molecular weight is 454 g/mol. The van der Waals surface area contributed by atoms with Gasteiger partial charge in [0.2, 0.25) is 0 Å². The smallest absolute Gasteiger partial charge is 0.367 e. The maximum atomic E-state index is 13.3. The monoisotopic (exact) mass is 453 g/mol. The Labute approximate surface area is 190 Å². The highest BCUT2D eigenvalue weighted by Gasteiger charge is 2.35. The normalized spacial score (nSPS) is 15.9. The lowest BCUT2D eigenvalue weighted by atomic mass is 9.84. The third-order valence-electron chi connectivity index (χ3n) is 4.83. The Hall–Kier alpha value is -3.02. The number of nitrogens with zero attached hydrogens (tertiary/aromatic N) is 1. The number of para-hydroxylation sites is 1. The van der Waals surface area contributed by atoms with E-state index in [-0.39, 0.29) is 11.7 Å². The van der Waals surface area contributed by atoms with Crippen LogP contribution in [0.5, 0.6) is 0 Å². The number of rotatable bonds is 6. The van der Waals surface area contributed by atoms with Crippen molar-refractivity contribution < 1.29 is 14.3 Å². The molecule has 1 aliphatic heterocycles. The van der Waals surface area contributed by atoms with E-state index in [1.807, 2.05) is 55.6 Å². The van der Waals surface area contributed by atoms with E-state index in [9.17, 15) is 14.9 Å². The maximum Gasteiger partial charge on any atom is 0.367 e. The van der Waals surface area contributed by atoms with Crippen LogP contribution in [-0.2, 0) is 9.53 Å². The molecule has 2 aromatic rings. The van der Waals surface area contributed by atoms with Crippen molar-refractivity contribution in [3.8, 4) is 6.07 Å². The standard InChI is InChI=1S/C23H23N3O3S2/c1-4-29-23(28)31-13-18-16(12-24)21(19-10-7-11-30-19)20(15(3)25-18)22(27)26-17-9-6-5-8-14(17)2/h5-11,21,25H,4,13H2,1-3H3,(H,26,27). The Kier molecular flexibility index (Phi) is 7.55. The maximum absolute atomic E-state index is 13.3. The molecule has 2 heterocycles. The minimum Gasteiger partial charge on any atom is -0.458 e. The number of thiophene rings is 1. The highest BCUT2D eigenvalue weighted by atomic mass is 32.2. The summed E-state index contributed by atoms with van der Waals surface area (Å²) in [6.07, 6.45) is 0. The summed E-state index contributed by atoms with van der Waals surface area (Å²) in [6, 6.07) is 13.6. The van der Waals surface area contributed by atoms with Crippen LogP contribution in [0.2, 0.25) is 0 Å². The van der Waals surface area contributed by atoms with E-state index in [4.69, 9.17) is 4.74 Å². The van der Waals surface area contributed by atoms with Crippen molar-refractivity contribution in [2.75, 3.05) is 17.7 Å². The second kappa shape index (κ2) is 10.3. The minimum absolute atomic E-state index is 0.258. The minimum atomic E-state index is -0.506. The molecule has 0 radical (unpaired) electrons. The number of hydrogen-bond acceptors (Lipinski definition) is 7. The van der Waals surface area contributed by atoms with Crippen molar-refractivity contribution in [2.45, 2.75) is 26.7 Å². The van der Waals surface area contributed by atoms with Crippen LogP contribution in [0.25, 0.3) is 0 Å². The lowest BCUT2D eigenvalue weighted by Gasteiger charge is -2.29. The lowest BCUT2D eigenvalue weighted by molar-refractivity contribution is -0.113. The van der Waals surface area contributed by atoms with Crippen LogP contribution in [0.3, 0.4) is 0 Å². The second-order valence-corrected chi connectivity index (χ2v) is 8.75. The predicted octanol–water partition coefficient (Wildman–Crippen LogP) is 5.32. The van der Waals surface area contributed by atoms with Crippen LogP contribution in [0.1, 0.15) is 30.2 Å². The molecule has 0 saturated carbocycles. The Morgan fingerprint density at radius 3 is 2.68 bits per heavy atom. The summed E-state index contributed by atoms with van der Waals surface area (Å²) in [4.78, 5) is 26.0. The SMILES string of the molecule is CCOC(=O)SCC1=C(C#N)C(c2cccs2)C(C(=O)Nc2ccccc2C)=C(C)N1. The number of amides is 1. The predicted molar refractivity (Wildman–Crippen MR) is 125 cm³/mol. The van der Waals surface area contributed by atoms with E-state index in [0.29, 0.717) is 29.1 Å². The van der Waals surface area contributed by atoms with Crippen LogP contribution in [0.15, 0.2) is 64.3 Å². The van der Waals surface area contributed by atoms with Gasteiger partial charge in [-0.25, -0.2) is 4.79 Å². The van der Waals surface area contributed by atoms with Gasteiger partial charge >= 0.3 is 5.30 Å². The van der Waals surface area contributed by atoms with Crippen LogP contribution < -0.4 is 10.6 Å². The van der Waals surface area contributed by atoms with Crippen molar-refractivity contribution in [3.05, 3.63) is 74.8 Å². The molecule has 2 N–H and O–H groups in total. The molecule has 0 aliphatic carbocycles. The highest BCUT2D eigenvalue weighted by Crippen LogP contribution is 2.40. The lowest BCUT2D eigenvalue weighted by Crippen LogP contribution is -2.32. The number of dihydropyridines is 1. The van der Waals surface area contributed by atoms with Gasteiger partial charge in [0.05, 0.1) is 24.2 Å². The first-order valence-corrected chi connectivity index (χ1v) is 11.6. The van der Waals surface area contributed by atoms with Crippen LogP contribution in [0.4, 0.5) is 10.5 Å². The molecule has 0 saturated heterocycles. The van der Waals surface area contributed by atoms with Gasteiger partial charge < -0.3 is 15.4 Å². The third-order valence-corrected chi connectivity index (χ3v) is 6.55. The van der Waals surface area contributed by atoms with Crippen molar-refractivity contribution in [1.82, 2.24) is 5.32 Å². The van der Waals surface area contributed by atoms with Crippen LogP contribution in [0, 0.1) is 18.3 Å². The third kappa shape index (κ3) is 5.19. The molecule has 0 bridgehead atoms. The van der Waals surface area contributed by atoms with Gasteiger partial charge in [-0.3, -0.25) is 4.79 Å². The Bertz CT molecular complexity index is 1080. The summed E-state index contributed by atoms with van der Waals surface area (Å²) in [5.74, 6) is -0.510. The van der Waals surface area contributed by atoms with Gasteiger partial charge in [-0.1, -0.05) is 24.3 Å². The highest BCUT2D eigenvalue weighted by molar-refractivity contribution is 8.13. The number of carbonyl (C=O) groups excluding carboxylic acids is 2. The average Bonchev–Trinajstić information content (AvgIpc) is 3.28. The number of nitrogens with one attached hydrogen (secondary N) is 2. The van der Waals surface area contributed by atoms with Gasteiger partial charge in [0, 0.05) is 33.3 Å². The number of hydrogen-bond donors (Lipinski definition) is 2. The van der Waals surface area contributed by atoms with Gasteiger partial charge in [0.1, 0.15) is 0 Å². The second-order valence-electron chi connectivity index (χ2n) is 6.86. The zero-order valence-corrected chi connectivity index (χ0v) is 19.2. The van der Waals surface area contributed by atoms with Crippen LogP contribution >= 0.6 is 23.1 Å². The van der Waals surface area contributed by atoms with Crippen molar-refractivity contribution in [1.29, 1.82) is 5.26 Å². The number of carbonyl (C=O) groups is 2. The fraction of sp³-hybridized carbons (Fsp3) is 0.261. The molecule has 6 nitrogen and oxygen atoms in total. The molecule has 31 heavy (non-hydrogen) atoms. The van der Waals surface area contributed by atoms with Crippen molar-refractivity contribution >= 4 is 40.0 Å². The molecule has 1 aromatic carbocycles. The van der Waals surface area contributed by atoms with E-state index in [1.165, 1.54) is 11.3 Å². The Morgan fingerprint density at radius 1 is 1.26 bits per heavy atom. The number of nitriles is 1. The topological polar surface area (TPSA) is 91.2 Å². The first kappa shape index (κ1) is 22.7. The first-order valence-electron chi connectivity index (χ1n) is 9.77. The van der Waals surface area contributed by atoms with Gasteiger partial charge in [-0.05, 0) is 55.6 Å². The fourth-order valence-electron chi connectivity index (χ4n) is 3.38. The molecule has 3 rings (SSSR count). The number of anilines is 1. The van der Waals surface area contributed by atoms with Gasteiger partial charge in [0.25, 0.3) is 5.91 Å².